The fourth-order valence-corrected chi connectivity index (χ4v) is 3.38. The number of hydrogen-bond donors (Lipinski definition) is 2. The number of rotatable bonds is 11. The fourth-order valence-electron chi connectivity index (χ4n) is 3.38. The van der Waals surface area contributed by atoms with Crippen molar-refractivity contribution in [3.63, 3.8) is 0 Å². The third-order valence-electron chi connectivity index (χ3n) is 5.30. The number of guanidine groups is 1. The summed E-state index contributed by atoms with van der Waals surface area (Å²) in [7, 11) is 0. The van der Waals surface area contributed by atoms with Crippen molar-refractivity contribution in [2.24, 2.45) is 10.9 Å². The van der Waals surface area contributed by atoms with Crippen molar-refractivity contribution in [2.75, 3.05) is 52.4 Å². The highest BCUT2D eigenvalue weighted by atomic mass is 127. The summed E-state index contributed by atoms with van der Waals surface area (Å²) in [4.78, 5) is 9.83. The van der Waals surface area contributed by atoms with Crippen LogP contribution < -0.4 is 10.6 Å². The van der Waals surface area contributed by atoms with Crippen LogP contribution in [-0.2, 0) is 0 Å². The van der Waals surface area contributed by atoms with Gasteiger partial charge in [0.1, 0.15) is 0 Å². The highest BCUT2D eigenvalue weighted by Gasteiger charge is 2.15. The first kappa shape index (κ1) is 25.9. The summed E-state index contributed by atoms with van der Waals surface area (Å²) in [5.74, 6) is 1.87. The Bertz CT molecular complexity index is 352. The Morgan fingerprint density at radius 2 is 1.85 bits per heavy atom. The Kier molecular flexibility index (Phi) is 15.9. The Morgan fingerprint density at radius 1 is 1.19 bits per heavy atom. The van der Waals surface area contributed by atoms with Crippen LogP contribution in [0.15, 0.2) is 4.99 Å². The minimum absolute atomic E-state index is 0. The lowest BCUT2D eigenvalue weighted by atomic mass is 9.99. The molecule has 1 aliphatic rings. The third kappa shape index (κ3) is 11.6. The van der Waals surface area contributed by atoms with E-state index in [4.69, 9.17) is 4.99 Å². The van der Waals surface area contributed by atoms with Crippen molar-refractivity contribution in [3.8, 4) is 0 Å². The quantitative estimate of drug-likeness (QED) is 0.270. The van der Waals surface area contributed by atoms with E-state index in [2.05, 4.69) is 55.1 Å². The molecule has 1 aliphatic heterocycles. The molecule has 0 aromatic heterocycles. The van der Waals surface area contributed by atoms with Gasteiger partial charge in [0.25, 0.3) is 0 Å². The molecule has 0 spiro atoms. The first-order valence-corrected chi connectivity index (χ1v) is 10.6. The average molecular weight is 482 g/mol. The van der Waals surface area contributed by atoms with E-state index in [0.717, 1.165) is 44.6 Å². The van der Waals surface area contributed by atoms with Gasteiger partial charge >= 0.3 is 0 Å². The van der Waals surface area contributed by atoms with Gasteiger partial charge in [0.15, 0.2) is 5.96 Å². The van der Waals surface area contributed by atoms with Gasteiger partial charge in [0.2, 0.25) is 0 Å². The highest BCUT2D eigenvalue weighted by Crippen LogP contribution is 2.15. The van der Waals surface area contributed by atoms with Crippen LogP contribution in [0.25, 0.3) is 0 Å². The molecule has 0 radical (unpaired) electrons. The van der Waals surface area contributed by atoms with Crippen LogP contribution in [0.1, 0.15) is 60.3 Å². The highest BCUT2D eigenvalue weighted by molar-refractivity contribution is 14.0. The van der Waals surface area contributed by atoms with E-state index >= 15 is 0 Å². The van der Waals surface area contributed by atoms with Crippen molar-refractivity contribution < 1.29 is 0 Å². The van der Waals surface area contributed by atoms with E-state index in [-0.39, 0.29) is 24.0 Å². The summed E-state index contributed by atoms with van der Waals surface area (Å²) in [6.45, 7) is 20.1. The standard InChI is InChI=1S/C20H43N5.HI/c1-6-21-20(22-13-17-25-15-11-18(4)12-16-25)23-19(5)10-9-14-24(7-2)8-3;/h18-19H,6-17H2,1-5H3,(H2,21,22,23);1H. The third-order valence-corrected chi connectivity index (χ3v) is 5.30. The SMILES string of the molecule is CCNC(=NCCN1CCC(C)CC1)NC(C)CCCN(CC)CC.I. The van der Waals surface area contributed by atoms with Gasteiger partial charge in [-0.1, -0.05) is 20.8 Å². The van der Waals surface area contributed by atoms with Crippen LogP contribution in [0, 0.1) is 5.92 Å². The molecule has 1 atom stereocenters. The van der Waals surface area contributed by atoms with E-state index in [1.807, 2.05) is 0 Å². The second kappa shape index (κ2) is 15.9. The van der Waals surface area contributed by atoms with E-state index < -0.39 is 0 Å². The molecule has 0 amide bonds. The summed E-state index contributed by atoms with van der Waals surface area (Å²) in [5.41, 5.74) is 0. The van der Waals surface area contributed by atoms with Crippen LogP contribution in [0.2, 0.25) is 0 Å². The number of halogens is 1. The van der Waals surface area contributed by atoms with Crippen molar-refractivity contribution in [1.82, 2.24) is 20.4 Å². The lowest BCUT2D eigenvalue weighted by Gasteiger charge is -2.29. The molecule has 6 heteroatoms. The lowest BCUT2D eigenvalue weighted by Crippen LogP contribution is -2.43. The average Bonchev–Trinajstić information content (AvgIpc) is 2.60. The second-order valence-electron chi connectivity index (χ2n) is 7.50. The zero-order valence-corrected chi connectivity index (χ0v) is 20.2. The van der Waals surface area contributed by atoms with E-state index in [1.54, 1.807) is 0 Å². The molecule has 1 unspecified atom stereocenters. The zero-order valence-electron chi connectivity index (χ0n) is 17.9. The Hall–Kier alpha value is -0.0800. The smallest absolute Gasteiger partial charge is 0.191 e. The van der Waals surface area contributed by atoms with Gasteiger partial charge in [-0.25, -0.2) is 0 Å². The molecule has 5 nitrogen and oxygen atoms in total. The molecule has 0 aromatic carbocycles. The van der Waals surface area contributed by atoms with Gasteiger partial charge in [-0.3, -0.25) is 4.99 Å². The topological polar surface area (TPSA) is 42.9 Å². The van der Waals surface area contributed by atoms with Gasteiger partial charge < -0.3 is 20.4 Å². The molecular weight excluding hydrogens is 437 g/mol. The normalized spacial score (nSPS) is 17.8. The maximum Gasteiger partial charge on any atom is 0.191 e. The number of nitrogens with one attached hydrogen (secondary N) is 2. The number of piperidine rings is 1. The summed E-state index contributed by atoms with van der Waals surface area (Å²) in [5, 5.41) is 6.96. The minimum atomic E-state index is 0. The van der Waals surface area contributed by atoms with Crippen molar-refractivity contribution >= 4 is 29.9 Å². The molecule has 0 aromatic rings. The van der Waals surface area contributed by atoms with Gasteiger partial charge in [0.05, 0.1) is 6.54 Å². The van der Waals surface area contributed by atoms with E-state index in [9.17, 15) is 0 Å². The monoisotopic (exact) mass is 481 g/mol. The van der Waals surface area contributed by atoms with Gasteiger partial charge in [-0.05, 0) is 78.2 Å². The molecule has 0 bridgehead atoms. The number of hydrogen-bond acceptors (Lipinski definition) is 3. The zero-order chi connectivity index (χ0) is 18.5. The Balaban J connectivity index is 0.00000625. The molecule has 2 N–H and O–H groups in total. The minimum Gasteiger partial charge on any atom is -0.357 e. The number of aliphatic imine (C=N–C) groups is 1. The van der Waals surface area contributed by atoms with Crippen LogP contribution in [0.3, 0.4) is 0 Å². The second-order valence-corrected chi connectivity index (χ2v) is 7.50. The van der Waals surface area contributed by atoms with Gasteiger partial charge in [-0.15, -0.1) is 24.0 Å². The molecular formula is C20H44IN5. The summed E-state index contributed by atoms with van der Waals surface area (Å²) < 4.78 is 0. The molecule has 1 fully saturated rings. The summed E-state index contributed by atoms with van der Waals surface area (Å²) in [6, 6.07) is 0.462. The van der Waals surface area contributed by atoms with E-state index in [1.165, 1.54) is 45.3 Å². The van der Waals surface area contributed by atoms with Gasteiger partial charge in [-0.2, -0.15) is 0 Å². The van der Waals surface area contributed by atoms with E-state index in [0.29, 0.717) is 6.04 Å². The van der Waals surface area contributed by atoms with Crippen LogP contribution >= 0.6 is 24.0 Å². The molecule has 0 aliphatic carbocycles. The predicted molar refractivity (Wildman–Crippen MR) is 126 cm³/mol. The van der Waals surface area contributed by atoms with Crippen LogP contribution in [0.5, 0.6) is 0 Å². The molecule has 26 heavy (non-hydrogen) atoms. The molecule has 1 heterocycles. The molecule has 0 saturated carbocycles. The molecule has 1 rings (SSSR count). The number of likely N-dealkylation sites (tertiary alicyclic amines) is 1. The van der Waals surface area contributed by atoms with Gasteiger partial charge in [0, 0.05) is 19.1 Å². The fraction of sp³-hybridized carbons (Fsp3) is 0.950. The maximum atomic E-state index is 4.78. The predicted octanol–water partition coefficient (Wildman–Crippen LogP) is 3.40. The maximum absolute atomic E-state index is 4.78. The summed E-state index contributed by atoms with van der Waals surface area (Å²) >= 11 is 0. The Morgan fingerprint density at radius 3 is 2.42 bits per heavy atom. The first-order chi connectivity index (χ1) is 12.1. The van der Waals surface area contributed by atoms with Crippen LogP contribution in [0.4, 0.5) is 0 Å². The lowest BCUT2D eigenvalue weighted by molar-refractivity contribution is 0.197. The molecule has 1 saturated heterocycles. The number of nitrogens with zero attached hydrogens (tertiary/aromatic N) is 3. The first-order valence-electron chi connectivity index (χ1n) is 10.6. The summed E-state index contributed by atoms with van der Waals surface area (Å²) in [6.07, 6.45) is 5.10. The molecule has 156 valence electrons. The van der Waals surface area contributed by atoms with Crippen molar-refractivity contribution in [2.45, 2.75) is 66.3 Å². The van der Waals surface area contributed by atoms with Crippen molar-refractivity contribution in [1.29, 1.82) is 0 Å². The Labute approximate surface area is 179 Å². The largest absolute Gasteiger partial charge is 0.357 e. The van der Waals surface area contributed by atoms with Crippen molar-refractivity contribution in [3.05, 3.63) is 0 Å². The van der Waals surface area contributed by atoms with Crippen LogP contribution in [-0.4, -0.2) is 74.2 Å².